The van der Waals surface area contributed by atoms with Crippen LogP contribution < -0.4 is 10.1 Å². The summed E-state index contributed by atoms with van der Waals surface area (Å²) < 4.78 is 12.6. The highest BCUT2D eigenvalue weighted by Gasteiger charge is 2.28. The summed E-state index contributed by atoms with van der Waals surface area (Å²) in [6.45, 7) is 0. The summed E-state index contributed by atoms with van der Waals surface area (Å²) in [6.07, 6.45) is 4.02. The molecule has 0 radical (unpaired) electrons. The van der Waals surface area contributed by atoms with E-state index >= 15 is 0 Å². The first-order valence-electron chi connectivity index (χ1n) is 9.43. The summed E-state index contributed by atoms with van der Waals surface area (Å²) in [7, 11) is 1.61. The molecule has 1 aliphatic carbocycles. The van der Waals surface area contributed by atoms with Gasteiger partial charge in [-0.05, 0) is 47.5 Å². The summed E-state index contributed by atoms with van der Waals surface area (Å²) >= 11 is 0. The summed E-state index contributed by atoms with van der Waals surface area (Å²) in [6, 6.07) is 13.5. The third-order valence-electron chi connectivity index (χ3n) is 5.00. The highest BCUT2D eigenvalue weighted by atomic mass is 16.5. The molecule has 146 valence electrons. The minimum absolute atomic E-state index is 0.123. The summed E-state index contributed by atoms with van der Waals surface area (Å²) in [5.74, 6) is 1.31. The normalized spacial score (nSPS) is 13.6. The molecule has 0 unspecified atom stereocenters. The lowest BCUT2D eigenvalue weighted by Crippen LogP contribution is -2.14. The highest BCUT2D eigenvalue weighted by Crippen LogP contribution is 2.36. The van der Waals surface area contributed by atoms with Gasteiger partial charge in [0.15, 0.2) is 5.82 Å². The number of anilines is 1. The average Bonchev–Trinajstić information content (AvgIpc) is 3.33. The second-order valence-corrected chi connectivity index (χ2v) is 7.11. The second-order valence-electron chi connectivity index (χ2n) is 7.11. The van der Waals surface area contributed by atoms with E-state index in [1.807, 2.05) is 47.1 Å². The van der Waals surface area contributed by atoms with Gasteiger partial charge in [0.25, 0.3) is 0 Å². The van der Waals surface area contributed by atoms with Crippen molar-refractivity contribution < 1.29 is 13.9 Å². The van der Waals surface area contributed by atoms with Gasteiger partial charge in [0.05, 0.1) is 25.8 Å². The molecular weight excluding hydrogens is 370 g/mol. The zero-order valence-electron chi connectivity index (χ0n) is 15.8. The van der Waals surface area contributed by atoms with E-state index in [9.17, 15) is 4.79 Å². The van der Waals surface area contributed by atoms with Crippen molar-refractivity contribution >= 4 is 22.6 Å². The number of amides is 1. The fourth-order valence-electron chi connectivity index (χ4n) is 3.39. The molecule has 1 aliphatic rings. The van der Waals surface area contributed by atoms with E-state index in [0.717, 1.165) is 35.2 Å². The minimum atomic E-state index is -0.123. The number of carbonyl (C=O) groups excluding carboxylic acids is 1. The first-order chi connectivity index (χ1) is 14.2. The third-order valence-corrected chi connectivity index (χ3v) is 5.00. The Hall–Kier alpha value is -3.68. The number of hydrogen-bond donors (Lipinski definition) is 1. The number of tetrazole rings is 1. The van der Waals surface area contributed by atoms with Gasteiger partial charge in [0.1, 0.15) is 11.3 Å². The van der Waals surface area contributed by atoms with Gasteiger partial charge < -0.3 is 14.5 Å². The molecule has 1 fully saturated rings. The highest BCUT2D eigenvalue weighted by molar-refractivity contribution is 5.95. The molecule has 1 saturated carbocycles. The minimum Gasteiger partial charge on any atom is -0.497 e. The Bertz CT molecular complexity index is 1190. The number of carbonyl (C=O) groups is 1. The lowest BCUT2D eigenvalue weighted by molar-refractivity contribution is -0.115. The number of benzene rings is 2. The molecule has 8 heteroatoms. The largest absolute Gasteiger partial charge is 0.497 e. The number of rotatable bonds is 6. The van der Waals surface area contributed by atoms with E-state index in [2.05, 4.69) is 20.8 Å². The van der Waals surface area contributed by atoms with Crippen molar-refractivity contribution in [2.75, 3.05) is 12.4 Å². The molecule has 0 aliphatic heterocycles. The topological polar surface area (TPSA) is 95.1 Å². The molecule has 0 spiro atoms. The van der Waals surface area contributed by atoms with E-state index in [0.29, 0.717) is 23.1 Å². The molecule has 29 heavy (non-hydrogen) atoms. The van der Waals surface area contributed by atoms with Crippen molar-refractivity contribution in [3.05, 3.63) is 54.3 Å². The Morgan fingerprint density at radius 3 is 3.00 bits per heavy atom. The summed E-state index contributed by atoms with van der Waals surface area (Å²) in [5.41, 5.74) is 3.10. The molecule has 0 bridgehead atoms. The molecule has 5 rings (SSSR count). The van der Waals surface area contributed by atoms with Crippen molar-refractivity contribution in [1.29, 1.82) is 0 Å². The van der Waals surface area contributed by atoms with Crippen LogP contribution in [0.5, 0.6) is 5.75 Å². The predicted octanol–water partition coefficient (Wildman–Crippen LogP) is 3.61. The Kier molecular flexibility index (Phi) is 4.23. The molecule has 4 aromatic rings. The van der Waals surface area contributed by atoms with Gasteiger partial charge in [0, 0.05) is 28.3 Å². The number of aromatic nitrogens is 4. The number of furan rings is 1. The quantitative estimate of drug-likeness (QED) is 0.541. The van der Waals surface area contributed by atoms with Gasteiger partial charge in [0.2, 0.25) is 5.91 Å². The maximum Gasteiger partial charge on any atom is 0.228 e. The maximum atomic E-state index is 12.6. The first kappa shape index (κ1) is 17.4. The number of methoxy groups -OCH3 is 1. The zero-order chi connectivity index (χ0) is 19.8. The Balaban J connectivity index is 1.33. The first-order valence-corrected chi connectivity index (χ1v) is 9.43. The molecule has 1 N–H and O–H groups in total. The zero-order valence-corrected chi connectivity index (χ0v) is 15.8. The van der Waals surface area contributed by atoms with Crippen molar-refractivity contribution in [3.63, 3.8) is 0 Å². The molecule has 2 aromatic carbocycles. The molecule has 8 nitrogen and oxygen atoms in total. The lowest BCUT2D eigenvalue weighted by Gasteiger charge is -2.07. The van der Waals surface area contributed by atoms with Crippen LogP contribution in [-0.2, 0) is 11.2 Å². The van der Waals surface area contributed by atoms with Crippen LogP contribution in [0, 0.1) is 0 Å². The summed E-state index contributed by atoms with van der Waals surface area (Å²) in [5, 5.41) is 15.9. The molecule has 0 atom stereocenters. The Labute approximate surface area is 166 Å². The van der Waals surface area contributed by atoms with Crippen molar-refractivity contribution in [1.82, 2.24) is 20.2 Å². The van der Waals surface area contributed by atoms with Crippen molar-refractivity contribution in [2.45, 2.75) is 25.3 Å². The molecular formula is C21H19N5O3. The van der Waals surface area contributed by atoms with E-state index in [-0.39, 0.29) is 12.3 Å². The lowest BCUT2D eigenvalue weighted by atomic mass is 10.1. The number of hydrogen-bond acceptors (Lipinski definition) is 6. The van der Waals surface area contributed by atoms with Gasteiger partial charge in [-0.25, -0.2) is 4.68 Å². The van der Waals surface area contributed by atoms with E-state index < -0.39 is 0 Å². The van der Waals surface area contributed by atoms with Gasteiger partial charge in [-0.2, -0.15) is 0 Å². The number of fused-ring (bicyclic) bond motifs is 1. The average molecular weight is 389 g/mol. The van der Waals surface area contributed by atoms with E-state index in [1.54, 1.807) is 13.4 Å². The van der Waals surface area contributed by atoms with Crippen molar-refractivity contribution in [3.8, 4) is 17.1 Å². The van der Waals surface area contributed by atoms with Crippen LogP contribution in [0.4, 0.5) is 5.69 Å². The fraction of sp³-hybridized carbons (Fsp3) is 0.238. The third kappa shape index (κ3) is 3.44. The molecule has 2 aromatic heterocycles. The van der Waals surface area contributed by atoms with Crippen LogP contribution in [0.1, 0.15) is 24.4 Å². The SMILES string of the molecule is COc1ccc2c(CC(=O)Nc3cccc(-c4nnnn4C4CC4)c3)coc2c1. The molecule has 2 heterocycles. The maximum absolute atomic E-state index is 12.6. The predicted molar refractivity (Wildman–Crippen MR) is 107 cm³/mol. The van der Waals surface area contributed by atoms with E-state index in [1.165, 1.54) is 0 Å². The monoisotopic (exact) mass is 389 g/mol. The van der Waals surface area contributed by atoms with Crippen LogP contribution >= 0.6 is 0 Å². The smallest absolute Gasteiger partial charge is 0.228 e. The van der Waals surface area contributed by atoms with Crippen LogP contribution in [0.25, 0.3) is 22.4 Å². The van der Waals surface area contributed by atoms with Gasteiger partial charge in [-0.15, -0.1) is 5.10 Å². The standard InChI is InChI=1S/C21H19N5O3/c1-28-17-7-8-18-14(12-29-19(18)11-17)10-20(27)22-15-4-2-3-13(9-15)21-23-24-25-26(21)16-5-6-16/h2-4,7-9,11-12,16H,5-6,10H2,1H3,(H,22,27). The molecule has 0 saturated heterocycles. The van der Waals surface area contributed by atoms with Gasteiger partial charge in [-0.3, -0.25) is 4.79 Å². The van der Waals surface area contributed by atoms with Gasteiger partial charge in [-0.1, -0.05) is 12.1 Å². The van der Waals surface area contributed by atoms with E-state index in [4.69, 9.17) is 9.15 Å². The van der Waals surface area contributed by atoms with Crippen molar-refractivity contribution in [2.24, 2.45) is 0 Å². The van der Waals surface area contributed by atoms with Gasteiger partial charge >= 0.3 is 0 Å². The Morgan fingerprint density at radius 1 is 1.28 bits per heavy atom. The van der Waals surface area contributed by atoms with Crippen LogP contribution in [0.2, 0.25) is 0 Å². The second kappa shape index (κ2) is 7.05. The van der Waals surface area contributed by atoms with Crippen LogP contribution in [0.15, 0.2) is 53.1 Å². The molecule has 1 amide bonds. The number of ether oxygens (including phenoxy) is 1. The Morgan fingerprint density at radius 2 is 2.17 bits per heavy atom. The number of nitrogens with zero attached hydrogens (tertiary/aromatic N) is 4. The van der Waals surface area contributed by atoms with Crippen LogP contribution in [0.3, 0.4) is 0 Å². The summed E-state index contributed by atoms with van der Waals surface area (Å²) in [4.78, 5) is 12.6. The fourth-order valence-corrected chi connectivity index (χ4v) is 3.39. The number of nitrogens with one attached hydrogen (secondary N) is 1. The van der Waals surface area contributed by atoms with Crippen LogP contribution in [-0.4, -0.2) is 33.2 Å².